The fourth-order valence-electron chi connectivity index (χ4n) is 1.72. The molecule has 0 fully saturated rings. The van der Waals surface area contributed by atoms with E-state index in [-0.39, 0.29) is 5.91 Å². The van der Waals surface area contributed by atoms with Crippen molar-refractivity contribution >= 4 is 12.0 Å². The highest BCUT2D eigenvalue weighted by atomic mass is 16.6. The molecule has 19 heavy (non-hydrogen) atoms. The summed E-state index contributed by atoms with van der Waals surface area (Å²) in [6, 6.07) is 0. The molecule has 0 unspecified atom stereocenters. The van der Waals surface area contributed by atoms with Crippen LogP contribution in [-0.2, 0) is 9.53 Å². The Morgan fingerprint density at radius 1 is 1.16 bits per heavy atom. The van der Waals surface area contributed by atoms with Crippen LogP contribution in [0, 0.1) is 5.92 Å². The predicted molar refractivity (Wildman–Crippen MR) is 75.9 cm³/mol. The Balaban J connectivity index is 4.61. The maximum absolute atomic E-state index is 12.3. The number of alkyl carbamates (subject to hydrolysis) is 1. The Kier molecular flexibility index (Phi) is 5.84. The molecular weight excluding hydrogens is 244 g/mol. The molecule has 5 heteroatoms. The lowest BCUT2D eigenvalue weighted by Crippen LogP contribution is -2.56. The Hall–Kier alpha value is -1.26. The van der Waals surface area contributed by atoms with Crippen LogP contribution in [0.1, 0.15) is 48.5 Å². The lowest BCUT2D eigenvalue weighted by atomic mass is 10.0. The average Bonchev–Trinajstić information content (AvgIpc) is 2.10. The molecule has 0 rings (SSSR count). The monoisotopic (exact) mass is 272 g/mol. The highest BCUT2D eigenvalue weighted by Gasteiger charge is 2.33. The highest BCUT2D eigenvalue weighted by Crippen LogP contribution is 2.12. The van der Waals surface area contributed by atoms with Crippen molar-refractivity contribution in [3.05, 3.63) is 0 Å². The van der Waals surface area contributed by atoms with Crippen LogP contribution in [0.5, 0.6) is 0 Å². The van der Waals surface area contributed by atoms with Crippen LogP contribution in [0.2, 0.25) is 0 Å². The summed E-state index contributed by atoms with van der Waals surface area (Å²) in [5, 5.41) is 2.61. The van der Waals surface area contributed by atoms with Gasteiger partial charge < -0.3 is 15.0 Å². The Morgan fingerprint density at radius 2 is 1.63 bits per heavy atom. The second kappa shape index (κ2) is 6.26. The Morgan fingerprint density at radius 3 is 2.00 bits per heavy atom. The Labute approximate surface area is 116 Å². The molecule has 0 aliphatic heterocycles. The van der Waals surface area contributed by atoms with Crippen LogP contribution >= 0.6 is 0 Å². The van der Waals surface area contributed by atoms with E-state index in [1.807, 2.05) is 13.8 Å². The number of nitrogens with one attached hydrogen (secondary N) is 1. The number of ether oxygens (including phenoxy) is 1. The SMILES string of the molecule is CC(C)CN(C)C(=O)C(C)(C)NC(=O)OC(C)(C)C. The van der Waals surface area contributed by atoms with Crippen molar-refractivity contribution in [2.75, 3.05) is 13.6 Å². The molecule has 0 aliphatic carbocycles. The van der Waals surface area contributed by atoms with Crippen molar-refractivity contribution in [3.63, 3.8) is 0 Å². The normalized spacial score (nSPS) is 12.3. The summed E-state index contributed by atoms with van der Waals surface area (Å²) in [4.78, 5) is 25.6. The first kappa shape index (κ1) is 17.7. The second-order valence-electron chi connectivity index (χ2n) is 6.83. The second-order valence-corrected chi connectivity index (χ2v) is 6.83. The largest absolute Gasteiger partial charge is 0.444 e. The van der Waals surface area contributed by atoms with E-state index in [0.717, 1.165) is 0 Å². The molecule has 112 valence electrons. The van der Waals surface area contributed by atoms with E-state index < -0.39 is 17.2 Å². The summed E-state index contributed by atoms with van der Waals surface area (Å²) in [7, 11) is 1.74. The fourth-order valence-corrected chi connectivity index (χ4v) is 1.72. The van der Waals surface area contributed by atoms with Crippen molar-refractivity contribution in [1.29, 1.82) is 0 Å². The van der Waals surface area contributed by atoms with E-state index in [9.17, 15) is 9.59 Å². The molecule has 2 amide bonds. The molecule has 0 aliphatic rings. The van der Waals surface area contributed by atoms with Crippen molar-refractivity contribution in [3.8, 4) is 0 Å². The van der Waals surface area contributed by atoms with Gasteiger partial charge in [0.1, 0.15) is 11.1 Å². The summed E-state index contributed by atoms with van der Waals surface area (Å²) >= 11 is 0. The van der Waals surface area contributed by atoms with Gasteiger partial charge in [0.15, 0.2) is 0 Å². The summed E-state index contributed by atoms with van der Waals surface area (Å²) in [6.45, 7) is 13.4. The number of carbonyl (C=O) groups excluding carboxylic acids is 2. The molecule has 5 nitrogen and oxygen atoms in total. The van der Waals surface area contributed by atoms with Crippen LogP contribution in [0.4, 0.5) is 4.79 Å². The number of hydrogen-bond donors (Lipinski definition) is 1. The number of amides is 2. The highest BCUT2D eigenvalue weighted by molar-refractivity contribution is 5.89. The molecule has 1 N–H and O–H groups in total. The van der Waals surface area contributed by atoms with E-state index in [2.05, 4.69) is 5.32 Å². The number of likely N-dealkylation sites (N-methyl/N-ethyl adjacent to an activating group) is 1. The molecule has 0 saturated carbocycles. The van der Waals surface area contributed by atoms with E-state index in [0.29, 0.717) is 12.5 Å². The smallest absolute Gasteiger partial charge is 0.408 e. The van der Waals surface area contributed by atoms with Crippen molar-refractivity contribution in [2.45, 2.75) is 59.6 Å². The van der Waals surface area contributed by atoms with Gasteiger partial charge in [-0.3, -0.25) is 4.79 Å². The lowest BCUT2D eigenvalue weighted by Gasteiger charge is -2.32. The molecule has 0 aromatic rings. The van der Waals surface area contributed by atoms with Gasteiger partial charge in [-0.25, -0.2) is 4.79 Å². The third-order valence-corrected chi connectivity index (χ3v) is 2.33. The summed E-state index contributed by atoms with van der Waals surface area (Å²) in [5.74, 6) is 0.248. The van der Waals surface area contributed by atoms with Gasteiger partial charge in [-0.2, -0.15) is 0 Å². The van der Waals surface area contributed by atoms with E-state index in [4.69, 9.17) is 4.74 Å². The van der Waals surface area contributed by atoms with Crippen molar-refractivity contribution < 1.29 is 14.3 Å². The quantitative estimate of drug-likeness (QED) is 0.855. The van der Waals surface area contributed by atoms with E-state index >= 15 is 0 Å². The minimum absolute atomic E-state index is 0.132. The van der Waals surface area contributed by atoms with Gasteiger partial charge in [0.2, 0.25) is 5.91 Å². The van der Waals surface area contributed by atoms with Crippen LogP contribution in [0.15, 0.2) is 0 Å². The van der Waals surface area contributed by atoms with E-state index in [1.165, 1.54) is 0 Å². The summed E-state index contributed by atoms with van der Waals surface area (Å²) < 4.78 is 5.16. The van der Waals surface area contributed by atoms with Crippen LogP contribution in [-0.4, -0.2) is 41.6 Å². The summed E-state index contributed by atoms with van der Waals surface area (Å²) in [6.07, 6.45) is -0.580. The zero-order chi connectivity index (χ0) is 15.4. The molecule has 0 atom stereocenters. The lowest BCUT2D eigenvalue weighted by molar-refractivity contribution is -0.136. The van der Waals surface area contributed by atoms with Crippen molar-refractivity contribution in [1.82, 2.24) is 10.2 Å². The molecule has 0 spiro atoms. The van der Waals surface area contributed by atoms with Crippen molar-refractivity contribution in [2.24, 2.45) is 5.92 Å². The van der Waals surface area contributed by atoms with Gasteiger partial charge in [0.05, 0.1) is 0 Å². The molecule has 0 heterocycles. The first-order valence-electron chi connectivity index (χ1n) is 6.62. The Bertz CT molecular complexity index is 330. The molecular formula is C14H28N2O3. The van der Waals surface area contributed by atoms with Gasteiger partial charge in [0, 0.05) is 13.6 Å². The zero-order valence-corrected chi connectivity index (χ0v) is 13.5. The maximum Gasteiger partial charge on any atom is 0.408 e. The van der Waals surface area contributed by atoms with E-state index in [1.54, 1.807) is 46.6 Å². The predicted octanol–water partition coefficient (Wildman–Crippen LogP) is 2.40. The number of rotatable bonds is 4. The molecule has 0 saturated heterocycles. The van der Waals surface area contributed by atoms with Gasteiger partial charge in [-0.15, -0.1) is 0 Å². The topological polar surface area (TPSA) is 58.6 Å². The number of nitrogens with zero attached hydrogens (tertiary/aromatic N) is 1. The van der Waals surface area contributed by atoms with Crippen LogP contribution in [0.3, 0.4) is 0 Å². The third-order valence-electron chi connectivity index (χ3n) is 2.33. The standard InChI is InChI=1S/C14H28N2O3/c1-10(2)9-16(8)11(17)14(6,7)15-12(18)19-13(3,4)5/h10H,9H2,1-8H3,(H,15,18). The fraction of sp³-hybridized carbons (Fsp3) is 0.857. The summed E-state index contributed by atoms with van der Waals surface area (Å²) in [5.41, 5.74) is -1.56. The zero-order valence-electron chi connectivity index (χ0n) is 13.5. The molecule has 0 bridgehead atoms. The maximum atomic E-state index is 12.3. The van der Waals surface area contributed by atoms with Gasteiger partial charge >= 0.3 is 6.09 Å². The molecule has 0 aromatic carbocycles. The van der Waals surface area contributed by atoms with Gasteiger partial charge in [0.25, 0.3) is 0 Å². The third kappa shape index (κ3) is 7.03. The number of hydrogen-bond acceptors (Lipinski definition) is 3. The molecule has 0 radical (unpaired) electrons. The van der Waals surface area contributed by atoms with Crippen LogP contribution < -0.4 is 5.32 Å². The average molecular weight is 272 g/mol. The van der Waals surface area contributed by atoms with Crippen LogP contribution in [0.25, 0.3) is 0 Å². The number of carbonyl (C=O) groups is 2. The van der Waals surface area contributed by atoms with Gasteiger partial charge in [-0.1, -0.05) is 13.8 Å². The molecule has 0 aromatic heterocycles. The van der Waals surface area contributed by atoms with Gasteiger partial charge in [-0.05, 0) is 40.5 Å². The minimum Gasteiger partial charge on any atom is -0.444 e. The first-order chi connectivity index (χ1) is 8.35. The minimum atomic E-state index is -0.980. The first-order valence-corrected chi connectivity index (χ1v) is 6.62.